The minimum Gasteiger partial charge on any atom is -0.382 e. The van der Waals surface area contributed by atoms with Crippen LogP contribution in [0.15, 0.2) is 18.3 Å². The molecule has 4 N–H and O–H groups in total. The zero-order valence-corrected chi connectivity index (χ0v) is 9.99. The van der Waals surface area contributed by atoms with Crippen molar-refractivity contribution < 1.29 is 10.2 Å². The second-order valence-corrected chi connectivity index (χ2v) is 4.34. The van der Waals surface area contributed by atoms with Crippen LogP contribution in [0, 0.1) is 6.92 Å². The molecule has 18 heavy (non-hydrogen) atoms. The first kappa shape index (κ1) is 11.0. The fourth-order valence-electron chi connectivity index (χ4n) is 2.22. The van der Waals surface area contributed by atoms with E-state index >= 15 is 0 Å². The molecule has 0 fully saturated rings. The van der Waals surface area contributed by atoms with E-state index in [0.29, 0.717) is 17.1 Å². The number of pyridine rings is 1. The molecule has 0 bridgehead atoms. The van der Waals surface area contributed by atoms with Crippen molar-refractivity contribution in [3.63, 3.8) is 0 Å². The molecule has 7 nitrogen and oxygen atoms in total. The summed E-state index contributed by atoms with van der Waals surface area (Å²) in [7, 11) is 1.54. The Kier molecular flexibility index (Phi) is 1.96. The summed E-state index contributed by atoms with van der Waals surface area (Å²) in [6.07, 6.45) is 1.56. The van der Waals surface area contributed by atoms with Crippen LogP contribution in [0.5, 0.6) is 0 Å². The Labute approximate surface area is 103 Å². The quantitative estimate of drug-likeness (QED) is 0.553. The number of aryl methyl sites for hydroxylation is 1. The SMILES string of the molecule is Cc1cc2n(n1)-c1ccnc(N)c1N(C)C2(O)O. The summed E-state index contributed by atoms with van der Waals surface area (Å²) in [5.41, 5.74) is 7.88. The monoisotopic (exact) mass is 247 g/mol. The molecule has 2 aromatic heterocycles. The zero-order valence-electron chi connectivity index (χ0n) is 9.99. The van der Waals surface area contributed by atoms with Crippen molar-refractivity contribution in [2.45, 2.75) is 12.8 Å². The Hall–Kier alpha value is -2.12. The van der Waals surface area contributed by atoms with Gasteiger partial charge in [-0.25, -0.2) is 9.67 Å². The first-order valence-corrected chi connectivity index (χ1v) is 5.43. The van der Waals surface area contributed by atoms with Gasteiger partial charge in [0, 0.05) is 13.2 Å². The zero-order chi connectivity index (χ0) is 13.1. The Morgan fingerprint density at radius 1 is 1.39 bits per heavy atom. The minimum atomic E-state index is -2.16. The molecule has 0 unspecified atom stereocenters. The number of anilines is 2. The summed E-state index contributed by atoms with van der Waals surface area (Å²) in [6, 6.07) is 3.35. The maximum atomic E-state index is 10.2. The average molecular weight is 247 g/mol. The third-order valence-corrected chi connectivity index (χ3v) is 3.14. The predicted octanol–water partition coefficient (Wildman–Crippen LogP) is -0.297. The van der Waals surface area contributed by atoms with Gasteiger partial charge in [0.2, 0.25) is 0 Å². The highest BCUT2D eigenvalue weighted by Gasteiger charge is 2.42. The highest BCUT2D eigenvalue weighted by Crippen LogP contribution is 2.40. The van der Waals surface area contributed by atoms with E-state index in [9.17, 15) is 10.2 Å². The van der Waals surface area contributed by atoms with Crippen LogP contribution in [0.3, 0.4) is 0 Å². The van der Waals surface area contributed by atoms with Gasteiger partial charge >= 0.3 is 0 Å². The molecule has 0 radical (unpaired) electrons. The van der Waals surface area contributed by atoms with E-state index < -0.39 is 5.91 Å². The number of hydrogen-bond acceptors (Lipinski definition) is 6. The fraction of sp³-hybridized carbons (Fsp3) is 0.273. The Morgan fingerprint density at radius 3 is 2.83 bits per heavy atom. The molecule has 3 rings (SSSR count). The molecular formula is C11H13N5O2. The minimum absolute atomic E-state index is 0.223. The molecule has 0 atom stereocenters. The van der Waals surface area contributed by atoms with E-state index in [1.807, 2.05) is 0 Å². The van der Waals surface area contributed by atoms with Crippen molar-refractivity contribution in [1.29, 1.82) is 0 Å². The van der Waals surface area contributed by atoms with Crippen molar-refractivity contribution in [2.75, 3.05) is 17.7 Å². The molecule has 0 spiro atoms. The summed E-state index contributed by atoms with van der Waals surface area (Å²) in [5.74, 6) is -1.94. The highest BCUT2D eigenvalue weighted by molar-refractivity contribution is 5.76. The Balaban J connectivity index is 2.40. The van der Waals surface area contributed by atoms with Gasteiger partial charge in [-0.3, -0.25) is 0 Å². The van der Waals surface area contributed by atoms with E-state index in [-0.39, 0.29) is 11.5 Å². The van der Waals surface area contributed by atoms with Crippen LogP contribution in [0.25, 0.3) is 5.69 Å². The number of hydrogen-bond donors (Lipinski definition) is 3. The number of nitrogens with two attached hydrogens (primary N) is 1. The predicted molar refractivity (Wildman–Crippen MR) is 65.0 cm³/mol. The number of aromatic nitrogens is 3. The number of aliphatic hydroxyl groups is 2. The van der Waals surface area contributed by atoms with Crippen LogP contribution in [-0.2, 0) is 5.91 Å². The summed E-state index contributed by atoms with van der Waals surface area (Å²) >= 11 is 0. The third kappa shape index (κ3) is 1.20. The van der Waals surface area contributed by atoms with Crippen LogP contribution >= 0.6 is 0 Å². The van der Waals surface area contributed by atoms with E-state index in [1.54, 1.807) is 32.3 Å². The summed E-state index contributed by atoms with van der Waals surface area (Å²) < 4.78 is 1.47. The van der Waals surface area contributed by atoms with Gasteiger partial charge in [-0.05, 0) is 19.1 Å². The maximum Gasteiger partial charge on any atom is 0.293 e. The van der Waals surface area contributed by atoms with Crippen molar-refractivity contribution in [2.24, 2.45) is 0 Å². The summed E-state index contributed by atoms with van der Waals surface area (Å²) in [6.45, 7) is 1.78. The van der Waals surface area contributed by atoms with Gasteiger partial charge in [-0.2, -0.15) is 5.10 Å². The topological polar surface area (TPSA) is 100 Å². The largest absolute Gasteiger partial charge is 0.382 e. The van der Waals surface area contributed by atoms with E-state index in [2.05, 4.69) is 10.1 Å². The van der Waals surface area contributed by atoms with E-state index in [1.165, 1.54) is 9.58 Å². The van der Waals surface area contributed by atoms with Crippen LogP contribution in [-0.4, -0.2) is 32.0 Å². The molecule has 0 saturated heterocycles. The van der Waals surface area contributed by atoms with Gasteiger partial charge in [0.05, 0.1) is 11.4 Å². The normalized spacial score (nSPS) is 16.3. The molecule has 3 heterocycles. The standard InChI is InChI=1S/C11H13N5O2/c1-6-5-8-11(17,18)15(2)9-7(16(8)14-6)3-4-13-10(9)12/h3-5,17-18H,1-2H3,(H2,12,13). The second kappa shape index (κ2) is 3.21. The van der Waals surface area contributed by atoms with Crippen molar-refractivity contribution >= 4 is 11.5 Å². The molecule has 1 aliphatic heterocycles. The second-order valence-electron chi connectivity index (χ2n) is 4.34. The first-order chi connectivity index (χ1) is 8.43. The molecule has 7 heteroatoms. The van der Waals surface area contributed by atoms with Gasteiger partial charge in [0.1, 0.15) is 17.2 Å². The van der Waals surface area contributed by atoms with Gasteiger partial charge in [0.15, 0.2) is 0 Å². The van der Waals surface area contributed by atoms with Crippen molar-refractivity contribution in [3.8, 4) is 5.69 Å². The average Bonchev–Trinajstić information content (AvgIpc) is 2.69. The smallest absolute Gasteiger partial charge is 0.293 e. The number of nitrogen functional groups attached to an aromatic ring is 1. The maximum absolute atomic E-state index is 10.2. The number of fused-ring (bicyclic) bond motifs is 3. The summed E-state index contributed by atoms with van der Waals surface area (Å²) in [4.78, 5) is 5.24. The van der Waals surface area contributed by atoms with Crippen LogP contribution in [0.4, 0.5) is 11.5 Å². The van der Waals surface area contributed by atoms with Gasteiger partial charge < -0.3 is 20.8 Å². The number of rotatable bonds is 0. The van der Waals surface area contributed by atoms with Crippen LogP contribution in [0.1, 0.15) is 11.4 Å². The Bertz CT molecular complexity index is 634. The molecule has 0 saturated carbocycles. The van der Waals surface area contributed by atoms with Gasteiger partial charge in [-0.15, -0.1) is 0 Å². The molecular weight excluding hydrogens is 234 g/mol. The van der Waals surface area contributed by atoms with E-state index in [0.717, 1.165) is 0 Å². The Morgan fingerprint density at radius 2 is 2.11 bits per heavy atom. The third-order valence-electron chi connectivity index (χ3n) is 3.14. The van der Waals surface area contributed by atoms with Gasteiger partial charge in [0.25, 0.3) is 5.91 Å². The van der Waals surface area contributed by atoms with Crippen LogP contribution < -0.4 is 10.6 Å². The lowest BCUT2D eigenvalue weighted by molar-refractivity contribution is -0.172. The van der Waals surface area contributed by atoms with Gasteiger partial charge in [-0.1, -0.05) is 0 Å². The van der Waals surface area contributed by atoms with Crippen molar-refractivity contribution in [1.82, 2.24) is 14.8 Å². The lowest BCUT2D eigenvalue weighted by Gasteiger charge is -2.38. The molecule has 0 aromatic carbocycles. The molecule has 94 valence electrons. The fourth-order valence-corrected chi connectivity index (χ4v) is 2.22. The summed E-state index contributed by atoms with van der Waals surface area (Å²) in [5, 5.41) is 24.7. The first-order valence-electron chi connectivity index (χ1n) is 5.43. The lowest BCUT2D eigenvalue weighted by Crippen LogP contribution is -2.48. The van der Waals surface area contributed by atoms with E-state index in [4.69, 9.17) is 5.73 Å². The molecule has 1 aliphatic rings. The number of nitrogens with zero attached hydrogens (tertiary/aromatic N) is 4. The van der Waals surface area contributed by atoms with Crippen molar-refractivity contribution in [3.05, 3.63) is 29.7 Å². The molecule has 2 aromatic rings. The molecule has 0 aliphatic carbocycles. The van der Waals surface area contributed by atoms with Crippen LogP contribution in [0.2, 0.25) is 0 Å². The molecule has 0 amide bonds. The lowest BCUT2D eigenvalue weighted by atomic mass is 10.1. The highest BCUT2D eigenvalue weighted by atomic mass is 16.5.